The summed E-state index contributed by atoms with van der Waals surface area (Å²) in [6.07, 6.45) is 3.49. The van der Waals surface area contributed by atoms with Crippen molar-refractivity contribution in [2.24, 2.45) is 0 Å². The van der Waals surface area contributed by atoms with Crippen molar-refractivity contribution in [2.75, 3.05) is 33.8 Å². The summed E-state index contributed by atoms with van der Waals surface area (Å²) < 4.78 is 10.5. The minimum Gasteiger partial charge on any atom is -0.462 e. The van der Waals surface area contributed by atoms with Crippen LogP contribution >= 0.6 is 0 Å². The minimum atomic E-state index is -1.50. The summed E-state index contributed by atoms with van der Waals surface area (Å²) in [4.78, 5) is 41.2. The van der Waals surface area contributed by atoms with Crippen molar-refractivity contribution in [3.05, 3.63) is 23.4 Å². The van der Waals surface area contributed by atoms with Gasteiger partial charge in [-0.25, -0.2) is 9.59 Å². The van der Waals surface area contributed by atoms with Crippen LogP contribution in [0.4, 0.5) is 0 Å². The quantitative estimate of drug-likeness (QED) is 0.487. The summed E-state index contributed by atoms with van der Waals surface area (Å²) in [6, 6.07) is 0. The van der Waals surface area contributed by atoms with Gasteiger partial charge in [-0.2, -0.15) is 0 Å². The maximum atomic E-state index is 13.1. The molecule has 25 heavy (non-hydrogen) atoms. The lowest BCUT2D eigenvalue weighted by Gasteiger charge is -2.32. The SMILES string of the molecule is CCOC(=O)C1=C(C=CN(C)C)C(CC)(C(=O)N(CC)CC)OC1=O. The zero-order chi connectivity index (χ0) is 19.2. The second kappa shape index (κ2) is 8.69. The summed E-state index contributed by atoms with van der Waals surface area (Å²) in [5.41, 5.74) is -1.45. The van der Waals surface area contributed by atoms with Crippen LogP contribution in [0.2, 0.25) is 0 Å². The Balaban J connectivity index is 3.57. The number of likely N-dealkylation sites (N-methyl/N-ethyl adjacent to an activating group) is 1. The molecule has 140 valence electrons. The highest BCUT2D eigenvalue weighted by atomic mass is 16.6. The highest BCUT2D eigenvalue weighted by Crippen LogP contribution is 2.39. The number of rotatable bonds is 8. The van der Waals surface area contributed by atoms with Crippen molar-refractivity contribution in [1.29, 1.82) is 0 Å². The first-order valence-electron chi connectivity index (χ1n) is 8.58. The predicted molar refractivity (Wildman–Crippen MR) is 93.5 cm³/mol. The molecular formula is C18H28N2O5. The maximum absolute atomic E-state index is 13.1. The van der Waals surface area contributed by atoms with Crippen LogP contribution in [-0.2, 0) is 23.9 Å². The summed E-state index contributed by atoms with van der Waals surface area (Å²) in [6.45, 7) is 8.21. The smallest absolute Gasteiger partial charge is 0.347 e. The zero-order valence-corrected chi connectivity index (χ0v) is 15.9. The number of cyclic esters (lactones) is 1. The Hall–Kier alpha value is -2.31. The second-order valence-corrected chi connectivity index (χ2v) is 5.84. The molecule has 0 aromatic carbocycles. The van der Waals surface area contributed by atoms with E-state index in [1.165, 1.54) is 0 Å². The van der Waals surface area contributed by atoms with Gasteiger partial charge in [-0.05, 0) is 39.5 Å². The fourth-order valence-electron chi connectivity index (χ4n) is 2.75. The summed E-state index contributed by atoms with van der Waals surface area (Å²) in [5, 5.41) is 0. The van der Waals surface area contributed by atoms with Crippen LogP contribution in [0.3, 0.4) is 0 Å². The molecule has 0 saturated heterocycles. The molecule has 0 saturated carbocycles. The van der Waals surface area contributed by atoms with E-state index in [1.54, 1.807) is 50.0 Å². The number of ether oxygens (including phenoxy) is 2. The molecule has 1 atom stereocenters. The van der Waals surface area contributed by atoms with Crippen molar-refractivity contribution < 1.29 is 23.9 Å². The van der Waals surface area contributed by atoms with Crippen LogP contribution in [-0.4, -0.2) is 67.0 Å². The summed E-state index contributed by atoms with van der Waals surface area (Å²) >= 11 is 0. The Labute approximate surface area is 149 Å². The second-order valence-electron chi connectivity index (χ2n) is 5.84. The first-order chi connectivity index (χ1) is 11.8. The van der Waals surface area contributed by atoms with Crippen molar-refractivity contribution >= 4 is 17.8 Å². The van der Waals surface area contributed by atoms with Gasteiger partial charge in [0.15, 0.2) is 5.57 Å². The molecule has 0 bridgehead atoms. The number of hydrogen-bond acceptors (Lipinski definition) is 6. The number of amides is 1. The van der Waals surface area contributed by atoms with E-state index >= 15 is 0 Å². The standard InChI is InChI=1S/C18H28N2O5/c1-7-18(17(23)20(8-2)9-3)13(11-12-19(5)6)14(16(22)25-18)15(21)24-10-4/h11-12H,7-10H2,1-6H3. The van der Waals surface area contributed by atoms with Crippen LogP contribution in [0, 0.1) is 0 Å². The van der Waals surface area contributed by atoms with Gasteiger partial charge in [0.25, 0.3) is 5.91 Å². The van der Waals surface area contributed by atoms with E-state index in [4.69, 9.17) is 9.47 Å². The number of hydrogen-bond donors (Lipinski definition) is 0. The largest absolute Gasteiger partial charge is 0.462 e. The van der Waals surface area contributed by atoms with Gasteiger partial charge >= 0.3 is 11.9 Å². The molecule has 0 fully saturated rings. The topological polar surface area (TPSA) is 76.2 Å². The van der Waals surface area contributed by atoms with Crippen molar-refractivity contribution in [2.45, 2.75) is 39.7 Å². The molecule has 0 aromatic rings. The number of carbonyl (C=O) groups excluding carboxylic acids is 3. The van der Waals surface area contributed by atoms with Crippen molar-refractivity contribution in [3.8, 4) is 0 Å². The van der Waals surface area contributed by atoms with Crippen molar-refractivity contribution in [3.63, 3.8) is 0 Å². The van der Waals surface area contributed by atoms with Gasteiger partial charge in [-0.3, -0.25) is 4.79 Å². The van der Waals surface area contributed by atoms with E-state index in [9.17, 15) is 14.4 Å². The van der Waals surface area contributed by atoms with Crippen LogP contribution in [0.1, 0.15) is 34.1 Å². The molecule has 1 unspecified atom stereocenters. The lowest BCUT2D eigenvalue weighted by molar-refractivity contribution is -0.164. The molecular weight excluding hydrogens is 324 g/mol. The lowest BCUT2D eigenvalue weighted by Crippen LogP contribution is -2.50. The number of nitrogens with zero attached hydrogens (tertiary/aromatic N) is 2. The maximum Gasteiger partial charge on any atom is 0.347 e. The Morgan fingerprint density at radius 3 is 2.20 bits per heavy atom. The van der Waals surface area contributed by atoms with Crippen LogP contribution in [0.15, 0.2) is 23.4 Å². The van der Waals surface area contributed by atoms with Gasteiger partial charge in [0.05, 0.1) is 6.61 Å². The molecule has 1 amide bonds. The van der Waals surface area contributed by atoms with E-state index in [-0.39, 0.29) is 30.1 Å². The average Bonchev–Trinajstić information content (AvgIpc) is 2.86. The Morgan fingerprint density at radius 1 is 1.16 bits per heavy atom. The number of carbonyl (C=O) groups is 3. The molecule has 1 aliphatic rings. The summed E-state index contributed by atoms with van der Waals surface area (Å²) in [5.74, 6) is -1.92. The zero-order valence-electron chi connectivity index (χ0n) is 15.9. The lowest BCUT2D eigenvalue weighted by atomic mass is 9.87. The minimum absolute atomic E-state index is 0.128. The van der Waals surface area contributed by atoms with Crippen LogP contribution in [0.25, 0.3) is 0 Å². The van der Waals surface area contributed by atoms with E-state index < -0.39 is 17.5 Å². The molecule has 1 rings (SSSR count). The van der Waals surface area contributed by atoms with E-state index in [2.05, 4.69) is 0 Å². The summed E-state index contributed by atoms with van der Waals surface area (Å²) in [7, 11) is 3.61. The first kappa shape index (κ1) is 20.7. The highest BCUT2D eigenvalue weighted by Gasteiger charge is 2.54. The molecule has 0 aliphatic carbocycles. The fraction of sp³-hybridized carbons (Fsp3) is 0.611. The van der Waals surface area contributed by atoms with E-state index in [0.29, 0.717) is 13.1 Å². The normalized spacial score (nSPS) is 20.0. The van der Waals surface area contributed by atoms with Crippen LogP contribution < -0.4 is 0 Å². The Morgan fingerprint density at radius 2 is 1.76 bits per heavy atom. The molecule has 7 heteroatoms. The third-order valence-corrected chi connectivity index (χ3v) is 4.09. The highest BCUT2D eigenvalue weighted by molar-refractivity contribution is 6.19. The predicted octanol–water partition coefficient (Wildman–Crippen LogP) is 1.50. The monoisotopic (exact) mass is 352 g/mol. The van der Waals surface area contributed by atoms with Crippen LogP contribution in [0.5, 0.6) is 0 Å². The third kappa shape index (κ3) is 4.03. The fourth-order valence-corrected chi connectivity index (χ4v) is 2.75. The molecule has 0 spiro atoms. The van der Waals surface area contributed by atoms with E-state index in [1.807, 2.05) is 13.8 Å². The van der Waals surface area contributed by atoms with Gasteiger partial charge in [0.1, 0.15) is 0 Å². The molecule has 0 N–H and O–H groups in total. The van der Waals surface area contributed by atoms with Gasteiger partial charge in [-0.15, -0.1) is 0 Å². The molecule has 1 aliphatic heterocycles. The third-order valence-electron chi connectivity index (χ3n) is 4.09. The van der Waals surface area contributed by atoms with Gasteiger partial charge in [-0.1, -0.05) is 6.92 Å². The molecule has 0 aromatic heterocycles. The first-order valence-corrected chi connectivity index (χ1v) is 8.58. The number of esters is 2. The van der Waals surface area contributed by atoms with Gasteiger partial charge in [0.2, 0.25) is 5.60 Å². The van der Waals surface area contributed by atoms with E-state index in [0.717, 1.165) is 0 Å². The van der Waals surface area contributed by atoms with Gasteiger partial charge in [0, 0.05) is 32.8 Å². The van der Waals surface area contributed by atoms with Gasteiger partial charge < -0.3 is 19.3 Å². The average molecular weight is 352 g/mol. The molecule has 0 radical (unpaired) electrons. The van der Waals surface area contributed by atoms with Crippen molar-refractivity contribution in [1.82, 2.24) is 9.80 Å². The molecule has 7 nitrogen and oxygen atoms in total. The Bertz CT molecular complexity index is 590. The molecule has 1 heterocycles. The Kier molecular flexibility index (Phi) is 7.21.